The molecule has 0 radical (unpaired) electrons. The Labute approximate surface area is 168 Å². The standard InChI is InChI=1S/C22H24N4O3/c1-2-6-20(27)26(25-11-13-29-14-12-25)17-8-5-7-16(15-17)21-18-9-3-4-10-19(18)22(28)24-23-21/h3-5,7-10,15H,2,6,11-14H2,1H3,(H,24,28). The molecule has 1 N–H and O–H groups in total. The van der Waals surface area contributed by atoms with E-state index in [4.69, 9.17) is 4.74 Å². The van der Waals surface area contributed by atoms with Crippen molar-refractivity contribution in [1.29, 1.82) is 0 Å². The zero-order valence-electron chi connectivity index (χ0n) is 16.4. The van der Waals surface area contributed by atoms with Crippen LogP contribution in [-0.4, -0.2) is 47.4 Å². The Kier molecular flexibility index (Phi) is 5.69. The first-order valence-corrected chi connectivity index (χ1v) is 9.92. The second kappa shape index (κ2) is 8.55. The third-order valence-electron chi connectivity index (χ3n) is 5.03. The summed E-state index contributed by atoms with van der Waals surface area (Å²) in [5.41, 5.74) is 2.11. The lowest BCUT2D eigenvalue weighted by molar-refractivity contribution is -0.123. The Morgan fingerprint density at radius 2 is 1.90 bits per heavy atom. The van der Waals surface area contributed by atoms with Gasteiger partial charge in [0.05, 0.1) is 30.0 Å². The van der Waals surface area contributed by atoms with Gasteiger partial charge in [-0.15, -0.1) is 0 Å². The molecule has 7 heteroatoms. The molecule has 1 aliphatic rings. The van der Waals surface area contributed by atoms with E-state index in [2.05, 4.69) is 10.2 Å². The maximum absolute atomic E-state index is 12.9. The van der Waals surface area contributed by atoms with E-state index in [1.807, 2.05) is 54.4 Å². The smallest absolute Gasteiger partial charge is 0.272 e. The van der Waals surface area contributed by atoms with Crippen LogP contribution in [0, 0.1) is 0 Å². The van der Waals surface area contributed by atoms with Crippen LogP contribution in [0.2, 0.25) is 0 Å². The number of fused-ring (bicyclic) bond motifs is 1. The molecule has 1 saturated heterocycles. The maximum Gasteiger partial charge on any atom is 0.272 e. The molecular weight excluding hydrogens is 368 g/mol. The SMILES string of the molecule is CCCC(=O)N(c1cccc(-c2n[nH]c(=O)c3ccccc23)c1)N1CCOCC1. The topological polar surface area (TPSA) is 78.5 Å². The van der Waals surface area contributed by atoms with Gasteiger partial charge in [0.15, 0.2) is 0 Å². The van der Waals surface area contributed by atoms with Crippen molar-refractivity contribution in [1.82, 2.24) is 15.2 Å². The van der Waals surface area contributed by atoms with E-state index in [1.165, 1.54) is 0 Å². The van der Waals surface area contributed by atoms with Gasteiger partial charge in [-0.25, -0.2) is 15.1 Å². The highest BCUT2D eigenvalue weighted by Gasteiger charge is 2.25. The molecule has 0 atom stereocenters. The number of ether oxygens (including phenoxy) is 1. The second-order valence-corrected chi connectivity index (χ2v) is 7.02. The quantitative estimate of drug-likeness (QED) is 0.722. The molecule has 2 heterocycles. The predicted molar refractivity (Wildman–Crippen MR) is 113 cm³/mol. The number of nitrogens with zero attached hydrogens (tertiary/aromatic N) is 3. The van der Waals surface area contributed by atoms with Crippen molar-refractivity contribution in [3.05, 3.63) is 58.9 Å². The number of H-pyrrole nitrogens is 1. The Hall–Kier alpha value is -3.03. The van der Waals surface area contributed by atoms with Crippen molar-refractivity contribution >= 4 is 22.4 Å². The number of hydrazine groups is 1. The Morgan fingerprint density at radius 1 is 1.14 bits per heavy atom. The Bertz CT molecular complexity index is 1070. The highest BCUT2D eigenvalue weighted by molar-refractivity contribution is 5.96. The number of hydrogen-bond acceptors (Lipinski definition) is 5. The van der Waals surface area contributed by atoms with Gasteiger partial charge in [0, 0.05) is 30.5 Å². The van der Waals surface area contributed by atoms with E-state index < -0.39 is 0 Å². The predicted octanol–water partition coefficient (Wildman–Crippen LogP) is 2.97. The van der Waals surface area contributed by atoms with Gasteiger partial charge in [0.25, 0.3) is 5.56 Å². The van der Waals surface area contributed by atoms with Crippen LogP contribution in [0.3, 0.4) is 0 Å². The molecule has 3 aromatic rings. The number of carbonyl (C=O) groups is 1. The summed E-state index contributed by atoms with van der Waals surface area (Å²) in [5.74, 6) is 0.0610. The molecule has 7 nitrogen and oxygen atoms in total. The molecule has 0 bridgehead atoms. The normalized spacial score (nSPS) is 14.8. The van der Waals surface area contributed by atoms with Gasteiger partial charge in [-0.05, 0) is 24.6 Å². The fourth-order valence-electron chi connectivity index (χ4n) is 3.66. The summed E-state index contributed by atoms with van der Waals surface area (Å²) >= 11 is 0. The minimum Gasteiger partial charge on any atom is -0.379 e. The molecule has 1 amide bonds. The highest BCUT2D eigenvalue weighted by Crippen LogP contribution is 2.29. The molecule has 2 aromatic carbocycles. The van der Waals surface area contributed by atoms with Crippen molar-refractivity contribution in [2.75, 3.05) is 31.3 Å². The molecule has 0 saturated carbocycles. The first-order valence-electron chi connectivity index (χ1n) is 9.92. The average molecular weight is 392 g/mol. The first kappa shape index (κ1) is 19.3. The number of benzene rings is 2. The fraction of sp³-hybridized carbons (Fsp3) is 0.318. The van der Waals surface area contributed by atoms with Gasteiger partial charge in [-0.3, -0.25) is 9.59 Å². The van der Waals surface area contributed by atoms with Crippen molar-refractivity contribution in [3.8, 4) is 11.3 Å². The van der Waals surface area contributed by atoms with Crippen molar-refractivity contribution in [3.63, 3.8) is 0 Å². The number of anilines is 1. The molecule has 1 fully saturated rings. The molecular formula is C22H24N4O3. The van der Waals surface area contributed by atoms with Gasteiger partial charge in [-0.2, -0.15) is 5.10 Å². The summed E-state index contributed by atoms with van der Waals surface area (Å²) in [6.07, 6.45) is 1.26. The molecule has 0 unspecified atom stereocenters. The maximum atomic E-state index is 12.9. The largest absolute Gasteiger partial charge is 0.379 e. The molecule has 1 aliphatic heterocycles. The van der Waals surface area contributed by atoms with E-state index in [0.717, 1.165) is 23.1 Å². The summed E-state index contributed by atoms with van der Waals surface area (Å²) in [6, 6.07) is 15.1. The van der Waals surface area contributed by atoms with E-state index in [1.54, 1.807) is 11.1 Å². The van der Waals surface area contributed by atoms with E-state index >= 15 is 0 Å². The zero-order chi connectivity index (χ0) is 20.2. The number of morpholine rings is 1. The van der Waals surface area contributed by atoms with Gasteiger partial charge in [0.1, 0.15) is 0 Å². The molecule has 0 spiro atoms. The lowest BCUT2D eigenvalue weighted by Gasteiger charge is -2.37. The number of amides is 1. The van der Waals surface area contributed by atoms with Crippen LogP contribution in [-0.2, 0) is 9.53 Å². The zero-order valence-corrected chi connectivity index (χ0v) is 16.4. The fourth-order valence-corrected chi connectivity index (χ4v) is 3.66. The third kappa shape index (κ3) is 3.92. The number of nitrogens with one attached hydrogen (secondary N) is 1. The van der Waals surface area contributed by atoms with Crippen molar-refractivity contribution in [2.45, 2.75) is 19.8 Å². The number of aromatic nitrogens is 2. The Morgan fingerprint density at radius 3 is 2.66 bits per heavy atom. The van der Waals surface area contributed by atoms with Gasteiger partial charge < -0.3 is 4.74 Å². The highest BCUT2D eigenvalue weighted by atomic mass is 16.5. The minimum atomic E-state index is -0.214. The molecule has 150 valence electrons. The third-order valence-corrected chi connectivity index (χ3v) is 5.03. The monoisotopic (exact) mass is 392 g/mol. The summed E-state index contributed by atoms with van der Waals surface area (Å²) in [4.78, 5) is 25.0. The van der Waals surface area contributed by atoms with Crippen molar-refractivity contribution in [2.24, 2.45) is 0 Å². The van der Waals surface area contributed by atoms with Crippen LogP contribution in [0.1, 0.15) is 19.8 Å². The second-order valence-electron chi connectivity index (χ2n) is 7.02. The van der Waals surface area contributed by atoms with Crippen molar-refractivity contribution < 1.29 is 9.53 Å². The first-order chi connectivity index (χ1) is 14.2. The molecule has 4 rings (SSSR count). The Balaban J connectivity index is 1.78. The van der Waals surface area contributed by atoms with Gasteiger partial charge in [-0.1, -0.05) is 37.3 Å². The summed E-state index contributed by atoms with van der Waals surface area (Å²) in [5, 5.41) is 12.1. The molecule has 0 aliphatic carbocycles. The van der Waals surface area contributed by atoms with E-state index in [-0.39, 0.29) is 11.5 Å². The minimum absolute atomic E-state index is 0.0610. The number of carbonyl (C=O) groups excluding carboxylic acids is 1. The molecule has 1 aromatic heterocycles. The van der Waals surface area contributed by atoms with Crippen LogP contribution in [0.4, 0.5) is 5.69 Å². The van der Waals surface area contributed by atoms with Gasteiger partial charge in [0.2, 0.25) is 5.91 Å². The van der Waals surface area contributed by atoms with E-state index in [0.29, 0.717) is 43.8 Å². The molecule has 29 heavy (non-hydrogen) atoms. The van der Waals surface area contributed by atoms with Crippen LogP contribution in [0.5, 0.6) is 0 Å². The lowest BCUT2D eigenvalue weighted by atomic mass is 10.0. The van der Waals surface area contributed by atoms with Crippen LogP contribution >= 0.6 is 0 Å². The summed E-state index contributed by atoms with van der Waals surface area (Å²) < 4.78 is 5.45. The van der Waals surface area contributed by atoms with Gasteiger partial charge >= 0.3 is 0 Å². The number of hydrogen-bond donors (Lipinski definition) is 1. The number of aromatic amines is 1. The summed E-state index contributed by atoms with van der Waals surface area (Å²) in [7, 11) is 0. The van der Waals surface area contributed by atoms with E-state index in [9.17, 15) is 9.59 Å². The average Bonchev–Trinajstić information content (AvgIpc) is 2.76. The van der Waals surface area contributed by atoms with Crippen LogP contribution < -0.4 is 10.6 Å². The number of rotatable bonds is 5. The summed E-state index contributed by atoms with van der Waals surface area (Å²) in [6.45, 7) is 4.53. The van der Waals surface area contributed by atoms with Crippen LogP contribution in [0.25, 0.3) is 22.0 Å². The lowest BCUT2D eigenvalue weighted by Crippen LogP contribution is -2.51. The van der Waals surface area contributed by atoms with Crippen LogP contribution in [0.15, 0.2) is 53.3 Å².